The molecule has 1 heterocycles. The summed E-state index contributed by atoms with van der Waals surface area (Å²) in [6, 6.07) is 0.132. The number of hydrogen-bond donors (Lipinski definition) is 0. The molecule has 0 aromatic rings. The lowest BCUT2D eigenvalue weighted by molar-refractivity contribution is -0.178. The number of amides is 1. The zero-order valence-electron chi connectivity index (χ0n) is 9.50. The van der Waals surface area contributed by atoms with Gasteiger partial charge in [0.05, 0.1) is 6.04 Å². The van der Waals surface area contributed by atoms with Crippen molar-refractivity contribution in [2.24, 2.45) is 5.41 Å². The summed E-state index contributed by atoms with van der Waals surface area (Å²) >= 11 is 3.48. The third kappa shape index (κ3) is 2.11. The lowest BCUT2D eigenvalue weighted by Crippen LogP contribution is -2.70. The highest BCUT2D eigenvalue weighted by Gasteiger charge is 2.53. The standard InChI is InChI=1S/C11H18BrNO2/c1-5-6-13-9(11(2,3)7-12)8(15-4)10(13)14/h5,8-9H,1,6-7H2,2-4H3/t8-,9-/m0/s1. The molecule has 1 rings (SSSR count). The number of methoxy groups -OCH3 is 1. The van der Waals surface area contributed by atoms with Crippen molar-refractivity contribution < 1.29 is 9.53 Å². The molecule has 0 saturated carbocycles. The molecular formula is C11H18BrNO2. The maximum Gasteiger partial charge on any atom is 0.254 e. The van der Waals surface area contributed by atoms with Gasteiger partial charge in [0.25, 0.3) is 5.91 Å². The average molecular weight is 276 g/mol. The summed E-state index contributed by atoms with van der Waals surface area (Å²) in [7, 11) is 1.59. The predicted molar refractivity (Wildman–Crippen MR) is 64.1 cm³/mol. The predicted octanol–water partition coefficient (Wildman–Crippen LogP) is 1.82. The molecule has 15 heavy (non-hydrogen) atoms. The summed E-state index contributed by atoms with van der Waals surface area (Å²) in [6.07, 6.45) is 1.46. The van der Waals surface area contributed by atoms with Crippen molar-refractivity contribution in [2.75, 3.05) is 19.0 Å². The van der Waals surface area contributed by atoms with Gasteiger partial charge in [0, 0.05) is 19.0 Å². The molecule has 2 atom stereocenters. The molecule has 3 nitrogen and oxygen atoms in total. The van der Waals surface area contributed by atoms with E-state index in [1.807, 2.05) is 4.90 Å². The van der Waals surface area contributed by atoms with Crippen LogP contribution in [0.4, 0.5) is 0 Å². The fraction of sp³-hybridized carbons (Fsp3) is 0.727. The van der Waals surface area contributed by atoms with Gasteiger partial charge in [0.15, 0.2) is 6.10 Å². The Morgan fingerprint density at radius 1 is 1.67 bits per heavy atom. The van der Waals surface area contributed by atoms with E-state index in [1.54, 1.807) is 13.2 Å². The van der Waals surface area contributed by atoms with Crippen LogP contribution in [0.1, 0.15) is 13.8 Å². The van der Waals surface area contributed by atoms with Gasteiger partial charge >= 0.3 is 0 Å². The second-order valence-corrected chi connectivity index (χ2v) is 5.06. The van der Waals surface area contributed by atoms with Crippen LogP contribution < -0.4 is 0 Å². The van der Waals surface area contributed by atoms with Gasteiger partial charge in [0.2, 0.25) is 0 Å². The number of hydrogen-bond acceptors (Lipinski definition) is 2. The van der Waals surface area contributed by atoms with Crippen LogP contribution in [-0.2, 0) is 9.53 Å². The number of ether oxygens (including phenoxy) is 1. The van der Waals surface area contributed by atoms with E-state index in [0.717, 1.165) is 5.33 Å². The molecule has 0 unspecified atom stereocenters. The zero-order valence-corrected chi connectivity index (χ0v) is 11.1. The van der Waals surface area contributed by atoms with Crippen LogP contribution in [0.15, 0.2) is 12.7 Å². The molecule has 1 aliphatic heterocycles. The van der Waals surface area contributed by atoms with E-state index in [-0.39, 0.29) is 23.5 Å². The first-order chi connectivity index (χ1) is 6.99. The van der Waals surface area contributed by atoms with Crippen molar-refractivity contribution in [3.63, 3.8) is 0 Å². The average Bonchev–Trinajstić information content (AvgIpc) is 2.21. The quantitative estimate of drug-likeness (QED) is 0.435. The number of rotatable bonds is 5. The SMILES string of the molecule is C=CCN1C(=O)[C@@H](OC)[C@H]1C(C)(C)CBr. The Bertz CT molecular complexity index is 265. The van der Waals surface area contributed by atoms with Gasteiger partial charge in [-0.05, 0) is 5.41 Å². The smallest absolute Gasteiger partial charge is 0.254 e. The minimum absolute atomic E-state index is 0.0115. The Hall–Kier alpha value is -0.350. The van der Waals surface area contributed by atoms with Crippen LogP contribution in [0.25, 0.3) is 0 Å². The van der Waals surface area contributed by atoms with Gasteiger partial charge < -0.3 is 9.64 Å². The Balaban J connectivity index is 2.82. The molecule has 0 spiro atoms. The summed E-state index contributed by atoms with van der Waals surface area (Å²) in [6.45, 7) is 8.51. The van der Waals surface area contributed by atoms with Crippen molar-refractivity contribution in [2.45, 2.75) is 26.0 Å². The second-order valence-electron chi connectivity index (χ2n) is 4.50. The Morgan fingerprint density at radius 3 is 2.67 bits per heavy atom. The van der Waals surface area contributed by atoms with Crippen molar-refractivity contribution in [1.29, 1.82) is 0 Å². The monoisotopic (exact) mass is 275 g/mol. The minimum atomic E-state index is -0.294. The van der Waals surface area contributed by atoms with E-state index in [1.165, 1.54) is 0 Å². The van der Waals surface area contributed by atoms with Gasteiger partial charge in [-0.25, -0.2) is 0 Å². The molecule has 0 aromatic heterocycles. The molecule has 4 heteroatoms. The largest absolute Gasteiger partial charge is 0.369 e. The first-order valence-corrected chi connectivity index (χ1v) is 6.12. The maximum atomic E-state index is 11.7. The molecule has 1 amide bonds. The highest BCUT2D eigenvalue weighted by molar-refractivity contribution is 9.09. The Labute approximate surface area is 99.6 Å². The summed E-state index contributed by atoms with van der Waals surface area (Å²) in [5.74, 6) is 0.0661. The fourth-order valence-corrected chi connectivity index (χ4v) is 2.33. The summed E-state index contributed by atoms with van der Waals surface area (Å²) < 4.78 is 5.23. The number of β-lactam (4-membered cyclic amide) rings is 1. The number of alkyl halides is 1. The lowest BCUT2D eigenvalue weighted by atomic mass is 9.76. The molecule has 0 bridgehead atoms. The Morgan fingerprint density at radius 2 is 2.27 bits per heavy atom. The third-order valence-electron chi connectivity index (χ3n) is 2.87. The van der Waals surface area contributed by atoms with Crippen LogP contribution in [0.2, 0.25) is 0 Å². The van der Waals surface area contributed by atoms with Gasteiger partial charge in [-0.15, -0.1) is 6.58 Å². The zero-order chi connectivity index (χ0) is 11.6. The van der Waals surface area contributed by atoms with Crippen LogP contribution in [-0.4, -0.2) is 41.9 Å². The number of likely N-dealkylation sites (tertiary alicyclic amines) is 1. The summed E-state index contributed by atoms with van der Waals surface area (Å²) in [4.78, 5) is 13.5. The van der Waals surface area contributed by atoms with Crippen LogP contribution in [0, 0.1) is 5.41 Å². The maximum absolute atomic E-state index is 11.7. The molecule has 0 radical (unpaired) electrons. The van der Waals surface area contributed by atoms with E-state index in [2.05, 4.69) is 36.4 Å². The Kier molecular flexibility index (Phi) is 3.95. The van der Waals surface area contributed by atoms with E-state index in [4.69, 9.17) is 4.74 Å². The first kappa shape index (κ1) is 12.7. The minimum Gasteiger partial charge on any atom is -0.369 e. The van der Waals surface area contributed by atoms with Gasteiger partial charge in [-0.2, -0.15) is 0 Å². The first-order valence-electron chi connectivity index (χ1n) is 4.99. The van der Waals surface area contributed by atoms with Gasteiger partial charge in [-0.1, -0.05) is 35.9 Å². The van der Waals surface area contributed by atoms with E-state index in [9.17, 15) is 4.79 Å². The third-order valence-corrected chi connectivity index (χ3v) is 4.32. The summed E-state index contributed by atoms with van der Waals surface area (Å²) in [5, 5.41) is 0.839. The molecule has 1 aliphatic rings. The van der Waals surface area contributed by atoms with Crippen molar-refractivity contribution in [1.82, 2.24) is 4.90 Å². The van der Waals surface area contributed by atoms with Crippen LogP contribution >= 0.6 is 15.9 Å². The van der Waals surface area contributed by atoms with E-state index < -0.39 is 0 Å². The molecule has 0 aliphatic carbocycles. The summed E-state index contributed by atoms with van der Waals surface area (Å²) in [5.41, 5.74) is 0.0115. The van der Waals surface area contributed by atoms with Crippen LogP contribution in [0.3, 0.4) is 0 Å². The number of nitrogens with zero attached hydrogens (tertiary/aromatic N) is 1. The highest BCUT2D eigenvalue weighted by atomic mass is 79.9. The van der Waals surface area contributed by atoms with Crippen molar-refractivity contribution in [3.8, 4) is 0 Å². The molecular weight excluding hydrogens is 258 g/mol. The van der Waals surface area contributed by atoms with Crippen molar-refractivity contribution in [3.05, 3.63) is 12.7 Å². The number of halogens is 1. The van der Waals surface area contributed by atoms with Crippen LogP contribution in [0.5, 0.6) is 0 Å². The fourth-order valence-electron chi connectivity index (χ4n) is 2.00. The normalized spacial score (nSPS) is 26.4. The van der Waals surface area contributed by atoms with Gasteiger partial charge in [0.1, 0.15) is 0 Å². The molecule has 1 saturated heterocycles. The molecule has 0 aromatic carbocycles. The topological polar surface area (TPSA) is 29.5 Å². The van der Waals surface area contributed by atoms with Crippen molar-refractivity contribution >= 4 is 21.8 Å². The van der Waals surface area contributed by atoms with Gasteiger partial charge in [-0.3, -0.25) is 4.79 Å². The molecule has 86 valence electrons. The van der Waals surface area contributed by atoms with E-state index in [0.29, 0.717) is 6.54 Å². The number of carbonyl (C=O) groups excluding carboxylic acids is 1. The van der Waals surface area contributed by atoms with E-state index >= 15 is 0 Å². The lowest BCUT2D eigenvalue weighted by Gasteiger charge is -2.52. The second kappa shape index (κ2) is 4.66. The number of carbonyl (C=O) groups is 1. The molecule has 0 N–H and O–H groups in total. The highest BCUT2D eigenvalue weighted by Crippen LogP contribution is 2.37. The molecule has 1 fully saturated rings.